The number of rotatable bonds is 9. The number of hydrogen-bond donors (Lipinski definition) is 2. The van der Waals surface area contributed by atoms with E-state index in [1.165, 1.54) is 7.05 Å². The maximum absolute atomic E-state index is 12.0. The molecule has 0 bridgehead atoms. The number of benzene rings is 1. The van der Waals surface area contributed by atoms with Crippen LogP contribution in [0.25, 0.3) is 0 Å². The number of carboxylic acids is 1. The van der Waals surface area contributed by atoms with Crippen LogP contribution in [0.2, 0.25) is 0 Å². The van der Waals surface area contributed by atoms with Gasteiger partial charge in [0.15, 0.2) is 0 Å². The minimum atomic E-state index is -3.64. The van der Waals surface area contributed by atoms with Gasteiger partial charge in [0.25, 0.3) is 10.2 Å². The maximum atomic E-state index is 12.0. The fraction of sp³-hybridized carbons (Fsp3) is 0.500. The van der Waals surface area contributed by atoms with Gasteiger partial charge in [-0.05, 0) is 25.3 Å². The van der Waals surface area contributed by atoms with Gasteiger partial charge in [-0.3, -0.25) is 4.79 Å². The average molecular weight is 314 g/mol. The van der Waals surface area contributed by atoms with Crippen molar-refractivity contribution in [2.45, 2.75) is 32.2 Å². The first kappa shape index (κ1) is 17.6. The Morgan fingerprint density at radius 1 is 1.33 bits per heavy atom. The molecular formula is C14H22N2O4S. The van der Waals surface area contributed by atoms with Crippen molar-refractivity contribution in [2.75, 3.05) is 13.6 Å². The molecule has 0 aliphatic carbocycles. The summed E-state index contributed by atoms with van der Waals surface area (Å²) < 4.78 is 27.6. The highest BCUT2D eigenvalue weighted by Crippen LogP contribution is 2.06. The molecule has 0 aromatic heterocycles. The van der Waals surface area contributed by atoms with E-state index in [4.69, 9.17) is 5.11 Å². The summed E-state index contributed by atoms with van der Waals surface area (Å²) in [6.07, 6.45) is 1.25. The summed E-state index contributed by atoms with van der Waals surface area (Å²) in [5.41, 5.74) is 1.16. The molecule has 7 heteroatoms. The van der Waals surface area contributed by atoms with Crippen LogP contribution >= 0.6 is 0 Å². The van der Waals surface area contributed by atoms with Gasteiger partial charge >= 0.3 is 5.97 Å². The van der Waals surface area contributed by atoms with Gasteiger partial charge in [0.05, 0.1) is 6.42 Å². The van der Waals surface area contributed by atoms with E-state index in [0.29, 0.717) is 6.42 Å². The molecule has 0 heterocycles. The van der Waals surface area contributed by atoms with Crippen molar-refractivity contribution in [1.82, 2.24) is 9.03 Å². The number of carbonyl (C=O) groups is 1. The van der Waals surface area contributed by atoms with Gasteiger partial charge in [-0.15, -0.1) is 0 Å². The summed E-state index contributed by atoms with van der Waals surface area (Å²) in [4.78, 5) is 10.5. The third kappa shape index (κ3) is 6.70. The minimum Gasteiger partial charge on any atom is -0.481 e. The van der Waals surface area contributed by atoms with Gasteiger partial charge in [0.2, 0.25) is 0 Å². The van der Waals surface area contributed by atoms with Crippen LogP contribution in [0.4, 0.5) is 0 Å². The number of aryl methyl sites for hydroxylation is 1. The van der Waals surface area contributed by atoms with E-state index in [9.17, 15) is 13.2 Å². The number of nitrogens with zero attached hydrogens (tertiary/aromatic N) is 1. The quantitative estimate of drug-likeness (QED) is 0.718. The standard InChI is InChI=1S/C14H22N2O4S/c1-12(8-9-13-6-4-3-5-7-13)15-21(19,20)16(2)11-10-14(17)18/h3-7,12,15H,8-11H2,1-2H3,(H,17,18). The number of hydrogen-bond acceptors (Lipinski definition) is 3. The Hall–Kier alpha value is -1.44. The molecule has 2 N–H and O–H groups in total. The highest BCUT2D eigenvalue weighted by molar-refractivity contribution is 7.87. The fourth-order valence-corrected chi connectivity index (χ4v) is 2.94. The van der Waals surface area contributed by atoms with Crippen LogP contribution in [0, 0.1) is 0 Å². The van der Waals surface area contributed by atoms with E-state index in [0.717, 1.165) is 16.3 Å². The fourth-order valence-electron chi connectivity index (χ4n) is 1.80. The molecule has 0 amide bonds. The molecule has 0 saturated heterocycles. The second kappa shape index (κ2) is 8.11. The summed E-state index contributed by atoms with van der Waals surface area (Å²) in [6.45, 7) is 1.75. The molecule has 1 aromatic carbocycles. The van der Waals surface area contributed by atoms with Crippen LogP contribution in [-0.2, 0) is 21.4 Å². The Morgan fingerprint density at radius 3 is 2.52 bits per heavy atom. The van der Waals surface area contributed by atoms with Crippen LogP contribution in [-0.4, -0.2) is 43.4 Å². The normalized spacial score (nSPS) is 13.3. The second-order valence-corrected chi connectivity index (χ2v) is 6.82. The average Bonchev–Trinajstić information content (AvgIpc) is 2.43. The van der Waals surface area contributed by atoms with Gasteiger partial charge in [0.1, 0.15) is 0 Å². The Morgan fingerprint density at radius 2 is 1.95 bits per heavy atom. The molecule has 0 aliphatic rings. The highest BCUT2D eigenvalue weighted by Gasteiger charge is 2.20. The number of aliphatic carboxylic acids is 1. The molecule has 0 saturated carbocycles. The predicted molar refractivity (Wildman–Crippen MR) is 81.2 cm³/mol. The largest absolute Gasteiger partial charge is 0.481 e. The molecular weight excluding hydrogens is 292 g/mol. The smallest absolute Gasteiger partial charge is 0.304 e. The van der Waals surface area contributed by atoms with Gasteiger partial charge < -0.3 is 5.11 Å². The van der Waals surface area contributed by atoms with E-state index in [2.05, 4.69) is 4.72 Å². The molecule has 118 valence electrons. The third-order valence-electron chi connectivity index (χ3n) is 3.11. The summed E-state index contributed by atoms with van der Waals surface area (Å²) in [5.74, 6) is -1.02. The molecule has 6 nitrogen and oxygen atoms in total. The summed E-state index contributed by atoms with van der Waals surface area (Å²) in [5, 5.41) is 8.58. The molecule has 1 aromatic rings. The van der Waals surface area contributed by atoms with E-state index < -0.39 is 16.2 Å². The first-order valence-electron chi connectivity index (χ1n) is 6.80. The predicted octanol–water partition coefficient (Wildman–Crippen LogP) is 1.25. The van der Waals surface area contributed by atoms with Crippen LogP contribution in [0.15, 0.2) is 30.3 Å². The zero-order chi connectivity index (χ0) is 15.9. The zero-order valence-electron chi connectivity index (χ0n) is 12.3. The molecule has 1 rings (SSSR count). The Balaban J connectivity index is 2.44. The van der Waals surface area contributed by atoms with Crippen molar-refractivity contribution in [3.63, 3.8) is 0 Å². The zero-order valence-corrected chi connectivity index (χ0v) is 13.1. The van der Waals surface area contributed by atoms with Crippen molar-refractivity contribution < 1.29 is 18.3 Å². The lowest BCUT2D eigenvalue weighted by atomic mass is 10.1. The topological polar surface area (TPSA) is 86.7 Å². The first-order chi connectivity index (χ1) is 9.81. The summed E-state index contributed by atoms with van der Waals surface area (Å²) in [7, 11) is -2.27. The van der Waals surface area contributed by atoms with Gasteiger partial charge in [-0.1, -0.05) is 30.3 Å². The molecule has 1 unspecified atom stereocenters. The molecule has 0 radical (unpaired) electrons. The minimum absolute atomic E-state index is 0.0456. The van der Waals surface area contributed by atoms with E-state index in [1.807, 2.05) is 30.3 Å². The number of carboxylic acid groups (broad SMARTS) is 1. The van der Waals surface area contributed by atoms with Gasteiger partial charge in [-0.25, -0.2) is 0 Å². The van der Waals surface area contributed by atoms with E-state index in [-0.39, 0.29) is 19.0 Å². The third-order valence-corrected chi connectivity index (χ3v) is 4.81. The highest BCUT2D eigenvalue weighted by atomic mass is 32.2. The lowest BCUT2D eigenvalue weighted by molar-refractivity contribution is -0.137. The molecule has 1 atom stereocenters. The molecule has 21 heavy (non-hydrogen) atoms. The summed E-state index contributed by atoms with van der Waals surface area (Å²) in [6, 6.07) is 9.61. The summed E-state index contributed by atoms with van der Waals surface area (Å²) >= 11 is 0. The maximum Gasteiger partial charge on any atom is 0.304 e. The Bertz CT molecular complexity index is 545. The van der Waals surface area contributed by atoms with Crippen molar-refractivity contribution in [1.29, 1.82) is 0 Å². The number of nitrogens with one attached hydrogen (secondary N) is 1. The van der Waals surface area contributed by atoms with Crippen LogP contribution < -0.4 is 4.72 Å². The van der Waals surface area contributed by atoms with Crippen LogP contribution in [0.1, 0.15) is 25.3 Å². The molecule has 0 spiro atoms. The van der Waals surface area contributed by atoms with Crippen molar-refractivity contribution in [3.8, 4) is 0 Å². The van der Waals surface area contributed by atoms with E-state index >= 15 is 0 Å². The molecule has 0 aliphatic heterocycles. The van der Waals surface area contributed by atoms with E-state index in [1.54, 1.807) is 6.92 Å². The molecule has 0 fully saturated rings. The Kier molecular flexibility index (Phi) is 6.80. The van der Waals surface area contributed by atoms with Crippen molar-refractivity contribution in [3.05, 3.63) is 35.9 Å². The second-order valence-electron chi connectivity index (χ2n) is 5.01. The van der Waals surface area contributed by atoms with Gasteiger partial charge in [0, 0.05) is 19.6 Å². The van der Waals surface area contributed by atoms with Gasteiger partial charge in [-0.2, -0.15) is 17.4 Å². The van der Waals surface area contributed by atoms with Crippen molar-refractivity contribution >= 4 is 16.2 Å². The SMILES string of the molecule is CC(CCc1ccccc1)NS(=O)(=O)N(C)CCC(=O)O. The first-order valence-corrected chi connectivity index (χ1v) is 8.24. The lowest BCUT2D eigenvalue weighted by Crippen LogP contribution is -2.43. The lowest BCUT2D eigenvalue weighted by Gasteiger charge is -2.20. The van der Waals surface area contributed by atoms with Crippen LogP contribution in [0.5, 0.6) is 0 Å². The Labute approximate surface area is 126 Å². The van der Waals surface area contributed by atoms with Crippen molar-refractivity contribution in [2.24, 2.45) is 0 Å². The van der Waals surface area contributed by atoms with Crippen LogP contribution in [0.3, 0.4) is 0 Å². The monoisotopic (exact) mass is 314 g/mol.